The average Bonchev–Trinajstić information content (AvgIpc) is 2.88. The van der Waals surface area contributed by atoms with Crippen molar-refractivity contribution in [2.45, 2.75) is 0 Å². The summed E-state index contributed by atoms with van der Waals surface area (Å²) in [5.41, 5.74) is 3.87. The lowest BCUT2D eigenvalue weighted by molar-refractivity contribution is -0.134. The number of rotatable bonds is 2. The molecule has 3 aromatic rings. The highest BCUT2D eigenvalue weighted by atomic mass is 16.5. The molecule has 0 atom stereocenters. The van der Waals surface area contributed by atoms with Gasteiger partial charge in [-0.15, -0.1) is 0 Å². The number of methoxy groups -OCH3 is 1. The van der Waals surface area contributed by atoms with Gasteiger partial charge in [-0.1, -0.05) is 12.1 Å². The summed E-state index contributed by atoms with van der Waals surface area (Å²) < 4.78 is 6.64. The standard InChI is InChI=1S/C15H12N2O2/c1-19-15(18)7-6-11-8-9-17-13-5-3-2-4-12(13)16-10-14(11)17/h2-10H,1H3/b7-6+. The molecular weight excluding hydrogens is 240 g/mol. The zero-order chi connectivity index (χ0) is 13.2. The summed E-state index contributed by atoms with van der Waals surface area (Å²) in [6, 6.07) is 9.88. The third-order valence-electron chi connectivity index (χ3n) is 3.03. The van der Waals surface area contributed by atoms with Crippen LogP contribution in [-0.4, -0.2) is 22.5 Å². The molecular formula is C15H12N2O2. The van der Waals surface area contributed by atoms with Crippen molar-refractivity contribution in [2.75, 3.05) is 7.11 Å². The van der Waals surface area contributed by atoms with E-state index in [-0.39, 0.29) is 5.97 Å². The number of hydrogen-bond donors (Lipinski definition) is 0. The molecule has 94 valence electrons. The Bertz CT molecular complexity index is 787. The molecule has 0 aliphatic rings. The van der Waals surface area contributed by atoms with Crippen LogP contribution in [0.1, 0.15) is 5.56 Å². The number of para-hydroxylation sites is 2. The fraction of sp³-hybridized carbons (Fsp3) is 0.0667. The second-order valence-electron chi connectivity index (χ2n) is 4.13. The molecule has 2 aromatic heterocycles. The number of carbonyl (C=O) groups excluding carboxylic acids is 1. The first-order valence-corrected chi connectivity index (χ1v) is 5.90. The monoisotopic (exact) mass is 252 g/mol. The van der Waals surface area contributed by atoms with Gasteiger partial charge in [-0.05, 0) is 24.3 Å². The molecule has 0 N–H and O–H groups in total. The van der Waals surface area contributed by atoms with Crippen LogP contribution in [0, 0.1) is 0 Å². The van der Waals surface area contributed by atoms with Gasteiger partial charge in [0.2, 0.25) is 0 Å². The van der Waals surface area contributed by atoms with Crippen molar-refractivity contribution in [3.05, 3.63) is 54.4 Å². The molecule has 0 radical (unpaired) electrons. The molecule has 0 fully saturated rings. The minimum absolute atomic E-state index is 0.368. The van der Waals surface area contributed by atoms with Crippen LogP contribution in [0.4, 0.5) is 0 Å². The van der Waals surface area contributed by atoms with E-state index in [0.29, 0.717) is 0 Å². The Kier molecular flexibility index (Phi) is 2.76. The molecule has 0 spiro atoms. The zero-order valence-corrected chi connectivity index (χ0v) is 10.4. The summed E-state index contributed by atoms with van der Waals surface area (Å²) >= 11 is 0. The van der Waals surface area contributed by atoms with Crippen LogP contribution in [0.25, 0.3) is 22.6 Å². The predicted octanol–water partition coefficient (Wildman–Crippen LogP) is 2.67. The van der Waals surface area contributed by atoms with Gasteiger partial charge in [0.1, 0.15) is 0 Å². The zero-order valence-electron chi connectivity index (χ0n) is 10.4. The van der Waals surface area contributed by atoms with Crippen LogP contribution >= 0.6 is 0 Å². The molecule has 3 rings (SSSR count). The maximum absolute atomic E-state index is 11.1. The lowest BCUT2D eigenvalue weighted by Gasteiger charge is -2.01. The van der Waals surface area contributed by atoms with Crippen LogP contribution in [0.2, 0.25) is 0 Å². The van der Waals surface area contributed by atoms with Crippen LogP contribution < -0.4 is 0 Å². The molecule has 2 heterocycles. The van der Waals surface area contributed by atoms with E-state index in [1.165, 1.54) is 13.2 Å². The lowest BCUT2D eigenvalue weighted by atomic mass is 10.2. The van der Waals surface area contributed by atoms with E-state index in [9.17, 15) is 4.79 Å². The molecule has 19 heavy (non-hydrogen) atoms. The van der Waals surface area contributed by atoms with E-state index >= 15 is 0 Å². The number of nitrogens with zero attached hydrogens (tertiary/aromatic N) is 2. The van der Waals surface area contributed by atoms with E-state index < -0.39 is 0 Å². The second kappa shape index (κ2) is 4.57. The number of fused-ring (bicyclic) bond motifs is 3. The summed E-state index contributed by atoms with van der Waals surface area (Å²) in [6.45, 7) is 0. The van der Waals surface area contributed by atoms with E-state index in [1.807, 2.05) is 36.5 Å². The van der Waals surface area contributed by atoms with Crippen molar-refractivity contribution in [3.8, 4) is 0 Å². The number of benzene rings is 1. The van der Waals surface area contributed by atoms with Crippen LogP contribution in [0.5, 0.6) is 0 Å². The Hall–Kier alpha value is -2.62. The van der Waals surface area contributed by atoms with Gasteiger partial charge < -0.3 is 9.14 Å². The summed E-state index contributed by atoms with van der Waals surface area (Å²) in [7, 11) is 1.36. The largest absolute Gasteiger partial charge is 0.466 e. The van der Waals surface area contributed by atoms with Crippen molar-refractivity contribution in [3.63, 3.8) is 0 Å². The van der Waals surface area contributed by atoms with Gasteiger partial charge in [-0.3, -0.25) is 4.98 Å². The van der Waals surface area contributed by atoms with E-state index in [2.05, 4.69) is 14.1 Å². The van der Waals surface area contributed by atoms with Crippen molar-refractivity contribution in [2.24, 2.45) is 0 Å². The van der Waals surface area contributed by atoms with E-state index in [1.54, 1.807) is 12.3 Å². The highest BCUT2D eigenvalue weighted by Crippen LogP contribution is 2.19. The number of ether oxygens (including phenoxy) is 1. The van der Waals surface area contributed by atoms with Crippen LogP contribution in [-0.2, 0) is 9.53 Å². The Balaban J connectivity index is 2.16. The highest BCUT2D eigenvalue weighted by Gasteiger charge is 2.04. The van der Waals surface area contributed by atoms with E-state index in [4.69, 9.17) is 0 Å². The fourth-order valence-corrected chi connectivity index (χ4v) is 2.08. The molecule has 0 amide bonds. The average molecular weight is 252 g/mol. The highest BCUT2D eigenvalue weighted by molar-refractivity contribution is 5.89. The minimum Gasteiger partial charge on any atom is -0.466 e. The number of esters is 1. The van der Waals surface area contributed by atoms with Crippen molar-refractivity contribution in [1.29, 1.82) is 0 Å². The molecule has 0 aliphatic carbocycles. The van der Waals surface area contributed by atoms with Gasteiger partial charge in [-0.25, -0.2) is 4.79 Å². The minimum atomic E-state index is -0.368. The molecule has 4 heteroatoms. The van der Waals surface area contributed by atoms with Gasteiger partial charge in [0.25, 0.3) is 0 Å². The summed E-state index contributed by atoms with van der Waals surface area (Å²) in [4.78, 5) is 15.5. The fourth-order valence-electron chi connectivity index (χ4n) is 2.08. The summed E-state index contributed by atoms with van der Waals surface area (Å²) in [5, 5.41) is 0. The second-order valence-corrected chi connectivity index (χ2v) is 4.13. The molecule has 0 saturated heterocycles. The van der Waals surface area contributed by atoms with Gasteiger partial charge in [-0.2, -0.15) is 0 Å². The van der Waals surface area contributed by atoms with Gasteiger partial charge in [0.15, 0.2) is 0 Å². The van der Waals surface area contributed by atoms with Crippen molar-refractivity contribution in [1.82, 2.24) is 9.38 Å². The Morgan fingerprint density at radius 2 is 2.11 bits per heavy atom. The maximum Gasteiger partial charge on any atom is 0.330 e. The summed E-state index contributed by atoms with van der Waals surface area (Å²) in [6.07, 6.45) is 6.91. The first-order valence-electron chi connectivity index (χ1n) is 5.90. The normalized spacial score (nSPS) is 11.4. The van der Waals surface area contributed by atoms with Gasteiger partial charge in [0.05, 0.1) is 29.9 Å². The number of aromatic nitrogens is 2. The molecule has 0 bridgehead atoms. The Morgan fingerprint density at radius 3 is 2.95 bits per heavy atom. The van der Waals surface area contributed by atoms with Gasteiger partial charge >= 0.3 is 5.97 Å². The van der Waals surface area contributed by atoms with E-state index in [0.717, 1.165) is 22.1 Å². The third-order valence-corrected chi connectivity index (χ3v) is 3.03. The molecule has 4 nitrogen and oxygen atoms in total. The quantitative estimate of drug-likeness (QED) is 0.520. The molecule has 0 aliphatic heterocycles. The first kappa shape index (κ1) is 11.5. The molecule has 0 saturated carbocycles. The Morgan fingerprint density at radius 1 is 1.26 bits per heavy atom. The molecule has 1 aromatic carbocycles. The number of hydrogen-bond acceptors (Lipinski definition) is 3. The van der Waals surface area contributed by atoms with Crippen LogP contribution in [0.3, 0.4) is 0 Å². The predicted molar refractivity (Wildman–Crippen MR) is 73.7 cm³/mol. The topological polar surface area (TPSA) is 43.6 Å². The van der Waals surface area contributed by atoms with Crippen molar-refractivity contribution < 1.29 is 9.53 Å². The third kappa shape index (κ3) is 1.97. The Labute approximate surface area is 109 Å². The smallest absolute Gasteiger partial charge is 0.330 e. The lowest BCUT2D eigenvalue weighted by Crippen LogP contribution is -1.93. The SMILES string of the molecule is COC(=O)/C=C/c1ccn2c1cnc1ccccc12. The summed E-state index contributed by atoms with van der Waals surface area (Å²) in [5.74, 6) is -0.368. The van der Waals surface area contributed by atoms with Crippen molar-refractivity contribution >= 4 is 28.6 Å². The van der Waals surface area contributed by atoms with Crippen LogP contribution in [0.15, 0.2) is 48.8 Å². The maximum atomic E-state index is 11.1. The number of carbonyl (C=O) groups is 1. The molecule has 0 unspecified atom stereocenters. The first-order chi connectivity index (χ1) is 9.29. The van der Waals surface area contributed by atoms with Gasteiger partial charge in [0, 0.05) is 17.8 Å².